The number of aromatic nitrogens is 2. The number of nitrogens with one attached hydrogen (secondary N) is 2. The SMILES string of the molecule is Cc1cc2c(NCc3ccc(C(=O)NC4CCCC4)cc3)nc(Cl)nc2s1. The van der Waals surface area contributed by atoms with Crippen molar-refractivity contribution < 1.29 is 4.79 Å². The van der Waals surface area contributed by atoms with Gasteiger partial charge in [-0.3, -0.25) is 4.79 Å². The summed E-state index contributed by atoms with van der Waals surface area (Å²) < 4.78 is 0. The number of thiophene rings is 1. The molecule has 1 aromatic carbocycles. The minimum Gasteiger partial charge on any atom is -0.365 e. The van der Waals surface area contributed by atoms with Crippen LogP contribution in [0.1, 0.15) is 46.5 Å². The van der Waals surface area contributed by atoms with E-state index in [-0.39, 0.29) is 11.2 Å². The zero-order valence-electron chi connectivity index (χ0n) is 15.1. The Balaban J connectivity index is 1.42. The fourth-order valence-corrected chi connectivity index (χ4v) is 4.55. The molecule has 0 spiro atoms. The number of carbonyl (C=O) groups is 1. The summed E-state index contributed by atoms with van der Waals surface area (Å²) in [6, 6.07) is 10.1. The Morgan fingerprint density at radius 3 is 2.70 bits per heavy atom. The van der Waals surface area contributed by atoms with Crippen LogP contribution in [-0.4, -0.2) is 21.9 Å². The van der Waals surface area contributed by atoms with E-state index >= 15 is 0 Å². The van der Waals surface area contributed by atoms with Crippen LogP contribution in [0.5, 0.6) is 0 Å². The summed E-state index contributed by atoms with van der Waals surface area (Å²) in [6.45, 7) is 2.64. The van der Waals surface area contributed by atoms with E-state index in [1.807, 2.05) is 31.2 Å². The first kappa shape index (κ1) is 18.2. The number of aryl methyl sites for hydroxylation is 1. The van der Waals surface area contributed by atoms with Gasteiger partial charge in [-0.25, -0.2) is 9.97 Å². The van der Waals surface area contributed by atoms with Crippen LogP contribution in [0, 0.1) is 6.92 Å². The predicted molar refractivity (Wildman–Crippen MR) is 111 cm³/mol. The van der Waals surface area contributed by atoms with Crippen molar-refractivity contribution >= 4 is 44.9 Å². The van der Waals surface area contributed by atoms with Crippen LogP contribution in [0.4, 0.5) is 5.82 Å². The largest absolute Gasteiger partial charge is 0.365 e. The van der Waals surface area contributed by atoms with E-state index in [1.54, 1.807) is 11.3 Å². The highest BCUT2D eigenvalue weighted by atomic mass is 35.5. The molecule has 0 bridgehead atoms. The quantitative estimate of drug-likeness (QED) is 0.595. The van der Waals surface area contributed by atoms with Gasteiger partial charge >= 0.3 is 0 Å². The number of carbonyl (C=O) groups excluding carboxylic acids is 1. The maximum Gasteiger partial charge on any atom is 0.251 e. The van der Waals surface area contributed by atoms with Crippen LogP contribution in [0.25, 0.3) is 10.2 Å². The first-order valence-corrected chi connectivity index (χ1v) is 10.4. The Kier molecular flexibility index (Phi) is 5.27. The van der Waals surface area contributed by atoms with Gasteiger partial charge in [-0.05, 0) is 55.1 Å². The standard InChI is InChI=1S/C20H21ClN4OS/c1-12-10-16-17(24-20(21)25-19(16)27-12)22-11-13-6-8-14(9-7-13)18(26)23-15-4-2-3-5-15/h6-10,15H,2-5,11H2,1H3,(H,23,26)(H,22,24,25). The van der Waals surface area contributed by atoms with Crippen molar-refractivity contribution in [3.05, 3.63) is 51.6 Å². The van der Waals surface area contributed by atoms with Gasteiger partial charge in [0.2, 0.25) is 5.28 Å². The minimum absolute atomic E-state index is 0.0134. The second-order valence-electron chi connectivity index (χ2n) is 6.92. The second-order valence-corrected chi connectivity index (χ2v) is 8.50. The lowest BCUT2D eigenvalue weighted by molar-refractivity contribution is 0.0938. The zero-order chi connectivity index (χ0) is 18.8. The van der Waals surface area contributed by atoms with E-state index in [0.29, 0.717) is 18.2 Å². The second kappa shape index (κ2) is 7.82. The molecular formula is C20H21ClN4OS. The molecule has 7 heteroatoms. The molecule has 1 saturated carbocycles. The Labute approximate surface area is 167 Å². The third-order valence-electron chi connectivity index (χ3n) is 4.86. The number of halogens is 1. The highest BCUT2D eigenvalue weighted by molar-refractivity contribution is 7.18. The fraction of sp³-hybridized carbons (Fsp3) is 0.350. The molecule has 5 nitrogen and oxygen atoms in total. The Bertz CT molecular complexity index is 964. The van der Waals surface area contributed by atoms with Gasteiger partial charge in [0.1, 0.15) is 10.6 Å². The number of rotatable bonds is 5. The minimum atomic E-state index is 0.0134. The van der Waals surface area contributed by atoms with Crippen LogP contribution in [0.3, 0.4) is 0 Å². The summed E-state index contributed by atoms with van der Waals surface area (Å²) in [4.78, 5) is 23.0. The zero-order valence-corrected chi connectivity index (χ0v) is 16.7. The summed E-state index contributed by atoms with van der Waals surface area (Å²) in [5, 5.41) is 7.67. The first-order chi connectivity index (χ1) is 13.1. The lowest BCUT2D eigenvalue weighted by Gasteiger charge is -2.12. The van der Waals surface area contributed by atoms with Gasteiger partial charge in [0.25, 0.3) is 5.91 Å². The lowest BCUT2D eigenvalue weighted by atomic mass is 10.1. The van der Waals surface area contributed by atoms with Gasteiger partial charge < -0.3 is 10.6 Å². The number of hydrogen-bond acceptors (Lipinski definition) is 5. The molecule has 1 aliphatic carbocycles. The van der Waals surface area contributed by atoms with Gasteiger partial charge in [-0.15, -0.1) is 11.3 Å². The molecule has 4 rings (SSSR count). The third-order valence-corrected chi connectivity index (χ3v) is 5.97. The molecule has 0 radical (unpaired) electrons. The molecular weight excluding hydrogens is 380 g/mol. The van der Waals surface area contributed by atoms with Gasteiger partial charge in [0, 0.05) is 23.0 Å². The molecule has 0 aliphatic heterocycles. The highest BCUT2D eigenvalue weighted by Crippen LogP contribution is 2.29. The summed E-state index contributed by atoms with van der Waals surface area (Å²) in [5.41, 5.74) is 1.77. The van der Waals surface area contributed by atoms with Gasteiger partial charge in [0.05, 0.1) is 5.39 Å². The van der Waals surface area contributed by atoms with Gasteiger partial charge in [-0.2, -0.15) is 0 Å². The summed E-state index contributed by atoms with van der Waals surface area (Å²) in [6.07, 6.45) is 4.59. The van der Waals surface area contributed by atoms with Crippen molar-refractivity contribution in [3.63, 3.8) is 0 Å². The maximum atomic E-state index is 12.3. The normalized spacial score (nSPS) is 14.6. The van der Waals surface area contributed by atoms with E-state index in [0.717, 1.165) is 34.4 Å². The summed E-state index contributed by atoms with van der Waals surface area (Å²) in [5.74, 6) is 0.747. The average Bonchev–Trinajstić information content (AvgIpc) is 3.28. The van der Waals surface area contributed by atoms with E-state index in [2.05, 4.69) is 26.7 Å². The van der Waals surface area contributed by atoms with Crippen LogP contribution in [0.15, 0.2) is 30.3 Å². The van der Waals surface area contributed by atoms with Crippen LogP contribution >= 0.6 is 22.9 Å². The van der Waals surface area contributed by atoms with Gasteiger partial charge in [-0.1, -0.05) is 25.0 Å². The van der Waals surface area contributed by atoms with Crippen molar-refractivity contribution in [1.29, 1.82) is 0 Å². The molecule has 2 aromatic heterocycles. The molecule has 0 unspecified atom stereocenters. The first-order valence-electron chi connectivity index (χ1n) is 9.16. The van der Waals surface area contributed by atoms with E-state index in [1.165, 1.54) is 17.7 Å². The van der Waals surface area contributed by atoms with Crippen molar-refractivity contribution in [1.82, 2.24) is 15.3 Å². The van der Waals surface area contributed by atoms with Crippen LogP contribution in [0.2, 0.25) is 5.28 Å². The maximum absolute atomic E-state index is 12.3. The van der Waals surface area contributed by atoms with Crippen molar-refractivity contribution in [2.75, 3.05) is 5.32 Å². The number of benzene rings is 1. The molecule has 1 fully saturated rings. The van der Waals surface area contributed by atoms with Crippen LogP contribution in [-0.2, 0) is 6.54 Å². The fourth-order valence-electron chi connectivity index (χ4n) is 3.45. The predicted octanol–water partition coefficient (Wildman–Crippen LogP) is 4.94. The molecule has 0 atom stereocenters. The Morgan fingerprint density at radius 2 is 1.96 bits per heavy atom. The van der Waals surface area contributed by atoms with Crippen molar-refractivity contribution in [2.45, 2.75) is 45.2 Å². The average molecular weight is 401 g/mol. The van der Waals surface area contributed by atoms with E-state index in [9.17, 15) is 4.79 Å². The van der Waals surface area contributed by atoms with Crippen molar-refractivity contribution in [3.8, 4) is 0 Å². The smallest absolute Gasteiger partial charge is 0.251 e. The topological polar surface area (TPSA) is 66.9 Å². The molecule has 0 saturated heterocycles. The van der Waals surface area contributed by atoms with E-state index < -0.39 is 0 Å². The molecule has 140 valence electrons. The van der Waals surface area contributed by atoms with Gasteiger partial charge in [0.15, 0.2) is 0 Å². The summed E-state index contributed by atoms with van der Waals surface area (Å²) in [7, 11) is 0. The molecule has 1 aliphatic rings. The summed E-state index contributed by atoms with van der Waals surface area (Å²) >= 11 is 7.64. The number of fused-ring (bicyclic) bond motifs is 1. The Morgan fingerprint density at radius 1 is 1.22 bits per heavy atom. The molecule has 2 N–H and O–H groups in total. The Hall–Kier alpha value is -2.18. The highest BCUT2D eigenvalue weighted by Gasteiger charge is 2.17. The third kappa shape index (κ3) is 4.22. The monoisotopic (exact) mass is 400 g/mol. The molecule has 27 heavy (non-hydrogen) atoms. The molecule has 2 heterocycles. The van der Waals surface area contributed by atoms with Crippen molar-refractivity contribution in [2.24, 2.45) is 0 Å². The molecule has 1 amide bonds. The molecule has 3 aromatic rings. The number of amides is 1. The lowest BCUT2D eigenvalue weighted by Crippen LogP contribution is -2.32. The van der Waals surface area contributed by atoms with Crippen LogP contribution < -0.4 is 10.6 Å². The number of hydrogen-bond donors (Lipinski definition) is 2. The number of nitrogens with zero attached hydrogens (tertiary/aromatic N) is 2. The van der Waals surface area contributed by atoms with E-state index in [4.69, 9.17) is 11.6 Å². The number of anilines is 1.